The SMILES string of the molecule is CCn1c(SC(C)C(=O)NCC(C)C)nc2scc(-c3cccs3)c2c1=O. The van der Waals surface area contributed by atoms with E-state index in [0.29, 0.717) is 29.6 Å². The standard InChI is InChI=1S/C19H23N3O2S3/c1-5-22-18(24)15-13(14-7-6-8-25-14)10-26-17(15)21-19(22)27-12(4)16(23)20-9-11(2)3/h6-8,10-12H,5,9H2,1-4H3,(H,20,23). The highest BCUT2D eigenvalue weighted by molar-refractivity contribution is 8.00. The van der Waals surface area contributed by atoms with Gasteiger partial charge in [-0.1, -0.05) is 31.7 Å². The summed E-state index contributed by atoms with van der Waals surface area (Å²) in [4.78, 5) is 32.0. The van der Waals surface area contributed by atoms with E-state index in [9.17, 15) is 9.59 Å². The van der Waals surface area contributed by atoms with Crippen molar-refractivity contribution >= 4 is 50.6 Å². The van der Waals surface area contributed by atoms with Gasteiger partial charge in [-0.2, -0.15) is 0 Å². The van der Waals surface area contributed by atoms with Crippen LogP contribution < -0.4 is 10.9 Å². The molecule has 1 atom stereocenters. The molecule has 3 aromatic heterocycles. The molecule has 0 radical (unpaired) electrons. The number of hydrogen-bond acceptors (Lipinski definition) is 6. The maximum atomic E-state index is 13.1. The van der Waals surface area contributed by atoms with Crippen molar-refractivity contribution in [2.75, 3.05) is 6.54 Å². The Morgan fingerprint density at radius 1 is 1.33 bits per heavy atom. The number of carbonyl (C=O) groups is 1. The molecule has 1 N–H and O–H groups in total. The number of amides is 1. The van der Waals surface area contributed by atoms with Crippen LogP contribution in [0, 0.1) is 5.92 Å². The van der Waals surface area contributed by atoms with Crippen LogP contribution in [0.1, 0.15) is 27.7 Å². The maximum Gasteiger partial charge on any atom is 0.263 e. The van der Waals surface area contributed by atoms with E-state index in [4.69, 9.17) is 4.98 Å². The number of aromatic nitrogens is 2. The van der Waals surface area contributed by atoms with Gasteiger partial charge in [-0.25, -0.2) is 4.98 Å². The van der Waals surface area contributed by atoms with Crippen molar-refractivity contribution in [1.29, 1.82) is 0 Å². The average Bonchev–Trinajstić information content (AvgIpc) is 3.29. The number of thiophene rings is 2. The van der Waals surface area contributed by atoms with Gasteiger partial charge in [0.05, 0.1) is 10.6 Å². The van der Waals surface area contributed by atoms with Gasteiger partial charge in [0.1, 0.15) is 4.83 Å². The zero-order valence-electron chi connectivity index (χ0n) is 15.8. The maximum absolute atomic E-state index is 13.1. The van der Waals surface area contributed by atoms with E-state index < -0.39 is 0 Å². The first-order chi connectivity index (χ1) is 12.9. The molecule has 0 bridgehead atoms. The molecule has 27 heavy (non-hydrogen) atoms. The minimum absolute atomic E-state index is 0.0313. The molecule has 0 aliphatic rings. The van der Waals surface area contributed by atoms with Crippen LogP contribution in [0.4, 0.5) is 0 Å². The third-order valence-electron chi connectivity index (χ3n) is 4.10. The molecular weight excluding hydrogens is 398 g/mol. The van der Waals surface area contributed by atoms with Crippen LogP contribution in [-0.4, -0.2) is 27.3 Å². The van der Waals surface area contributed by atoms with Crippen molar-refractivity contribution in [3.05, 3.63) is 33.2 Å². The molecular formula is C19H23N3O2S3. The Morgan fingerprint density at radius 3 is 2.74 bits per heavy atom. The van der Waals surface area contributed by atoms with Crippen LogP contribution in [-0.2, 0) is 11.3 Å². The Hall–Kier alpha value is -1.64. The monoisotopic (exact) mass is 421 g/mol. The molecule has 3 heterocycles. The molecule has 144 valence electrons. The highest BCUT2D eigenvalue weighted by Gasteiger charge is 2.21. The molecule has 0 saturated heterocycles. The fourth-order valence-electron chi connectivity index (χ4n) is 2.65. The molecule has 0 saturated carbocycles. The Balaban J connectivity index is 1.95. The van der Waals surface area contributed by atoms with E-state index >= 15 is 0 Å². The Morgan fingerprint density at radius 2 is 2.11 bits per heavy atom. The van der Waals surface area contributed by atoms with Crippen molar-refractivity contribution in [3.63, 3.8) is 0 Å². The third kappa shape index (κ3) is 4.28. The first-order valence-electron chi connectivity index (χ1n) is 8.92. The van der Waals surface area contributed by atoms with Gasteiger partial charge in [0, 0.05) is 28.9 Å². The van der Waals surface area contributed by atoms with E-state index in [2.05, 4.69) is 19.2 Å². The molecule has 0 aromatic carbocycles. The Bertz CT molecular complexity index is 990. The summed E-state index contributed by atoms with van der Waals surface area (Å²) >= 11 is 4.43. The summed E-state index contributed by atoms with van der Waals surface area (Å²) in [6.45, 7) is 9.06. The van der Waals surface area contributed by atoms with Gasteiger partial charge >= 0.3 is 0 Å². The van der Waals surface area contributed by atoms with Crippen LogP contribution in [0.25, 0.3) is 20.7 Å². The molecule has 0 aliphatic carbocycles. The number of thioether (sulfide) groups is 1. The number of nitrogens with zero attached hydrogens (tertiary/aromatic N) is 2. The van der Waals surface area contributed by atoms with Gasteiger partial charge in [-0.15, -0.1) is 22.7 Å². The largest absolute Gasteiger partial charge is 0.355 e. The van der Waals surface area contributed by atoms with Gasteiger partial charge < -0.3 is 5.32 Å². The van der Waals surface area contributed by atoms with Gasteiger partial charge in [-0.3, -0.25) is 14.2 Å². The van der Waals surface area contributed by atoms with Crippen molar-refractivity contribution in [1.82, 2.24) is 14.9 Å². The molecule has 5 nitrogen and oxygen atoms in total. The average molecular weight is 422 g/mol. The molecule has 8 heteroatoms. The first kappa shape index (κ1) is 20.1. The summed E-state index contributed by atoms with van der Waals surface area (Å²) in [6, 6.07) is 4.00. The molecule has 3 rings (SSSR count). The highest BCUT2D eigenvalue weighted by Crippen LogP contribution is 2.35. The van der Waals surface area contributed by atoms with E-state index in [0.717, 1.165) is 15.3 Å². The number of nitrogens with one attached hydrogen (secondary N) is 1. The summed E-state index contributed by atoms with van der Waals surface area (Å²) in [5, 5.41) is 7.90. The fraction of sp³-hybridized carbons (Fsp3) is 0.421. The highest BCUT2D eigenvalue weighted by atomic mass is 32.2. The van der Waals surface area contributed by atoms with Gasteiger partial charge in [0.25, 0.3) is 5.56 Å². The van der Waals surface area contributed by atoms with Gasteiger partial charge in [-0.05, 0) is 31.2 Å². The number of fused-ring (bicyclic) bond motifs is 1. The predicted molar refractivity (Wildman–Crippen MR) is 116 cm³/mol. The van der Waals surface area contributed by atoms with E-state index in [1.165, 1.54) is 23.1 Å². The summed E-state index contributed by atoms with van der Waals surface area (Å²) < 4.78 is 1.67. The lowest BCUT2D eigenvalue weighted by Gasteiger charge is -2.15. The van der Waals surface area contributed by atoms with Crippen LogP contribution in [0.3, 0.4) is 0 Å². The molecule has 0 spiro atoms. The number of hydrogen-bond donors (Lipinski definition) is 1. The lowest BCUT2D eigenvalue weighted by Crippen LogP contribution is -2.34. The second-order valence-electron chi connectivity index (χ2n) is 6.65. The van der Waals surface area contributed by atoms with Crippen LogP contribution in [0.15, 0.2) is 32.8 Å². The molecule has 1 unspecified atom stereocenters. The zero-order chi connectivity index (χ0) is 19.6. The van der Waals surface area contributed by atoms with Crippen molar-refractivity contribution < 1.29 is 4.79 Å². The smallest absolute Gasteiger partial charge is 0.263 e. The van der Waals surface area contributed by atoms with Crippen LogP contribution in [0.2, 0.25) is 0 Å². The number of carbonyl (C=O) groups excluding carboxylic acids is 1. The van der Waals surface area contributed by atoms with E-state index in [1.807, 2.05) is 36.7 Å². The summed E-state index contributed by atoms with van der Waals surface area (Å²) in [6.07, 6.45) is 0. The van der Waals surface area contributed by atoms with Crippen LogP contribution >= 0.6 is 34.4 Å². The molecule has 1 amide bonds. The van der Waals surface area contributed by atoms with Gasteiger partial charge in [0.2, 0.25) is 5.91 Å². The van der Waals surface area contributed by atoms with E-state index in [1.54, 1.807) is 15.9 Å². The first-order valence-corrected chi connectivity index (χ1v) is 11.6. The third-order valence-corrected chi connectivity index (χ3v) is 6.96. The molecule has 3 aromatic rings. The summed E-state index contributed by atoms with van der Waals surface area (Å²) in [7, 11) is 0. The van der Waals surface area contributed by atoms with Crippen molar-refractivity contribution in [3.8, 4) is 10.4 Å². The second-order valence-corrected chi connectivity index (χ2v) is 9.76. The lowest BCUT2D eigenvalue weighted by molar-refractivity contribution is -0.120. The van der Waals surface area contributed by atoms with Gasteiger partial charge in [0.15, 0.2) is 5.16 Å². The van der Waals surface area contributed by atoms with E-state index in [-0.39, 0.29) is 16.7 Å². The second kappa shape index (κ2) is 8.58. The molecule has 0 fully saturated rings. The predicted octanol–water partition coefficient (Wildman–Crippen LogP) is 4.46. The minimum atomic E-state index is -0.317. The Labute approximate surface area is 170 Å². The fourth-order valence-corrected chi connectivity index (χ4v) is 5.45. The topological polar surface area (TPSA) is 64.0 Å². The summed E-state index contributed by atoms with van der Waals surface area (Å²) in [5.74, 6) is 0.368. The van der Waals surface area contributed by atoms with Crippen LogP contribution in [0.5, 0.6) is 0 Å². The summed E-state index contributed by atoms with van der Waals surface area (Å²) in [5.41, 5.74) is 0.911. The van der Waals surface area contributed by atoms with Crippen molar-refractivity contribution in [2.45, 2.75) is 44.6 Å². The minimum Gasteiger partial charge on any atom is -0.355 e. The lowest BCUT2D eigenvalue weighted by atomic mass is 10.2. The van der Waals surface area contributed by atoms with Crippen molar-refractivity contribution in [2.24, 2.45) is 5.92 Å². The quantitative estimate of drug-likeness (QED) is 0.452. The zero-order valence-corrected chi connectivity index (χ0v) is 18.3. The Kier molecular flexibility index (Phi) is 6.39. The molecule has 0 aliphatic heterocycles. The normalized spacial score (nSPS) is 12.6. The number of rotatable bonds is 7.